The maximum absolute atomic E-state index is 13.1. The maximum atomic E-state index is 13.1. The Morgan fingerprint density at radius 2 is 1.77 bits per heavy atom. The molecule has 30 heavy (non-hydrogen) atoms. The van der Waals surface area contributed by atoms with Gasteiger partial charge in [-0.05, 0) is 24.3 Å². The first-order valence-electron chi connectivity index (χ1n) is 9.37. The molecule has 11 heteroatoms. The van der Waals surface area contributed by atoms with Crippen LogP contribution in [0.1, 0.15) is 10.4 Å². The Balaban J connectivity index is 0.000000806. The van der Waals surface area contributed by atoms with Crippen molar-refractivity contribution in [1.82, 2.24) is 24.6 Å². The normalized spacial score (nSPS) is 21.1. The van der Waals surface area contributed by atoms with Gasteiger partial charge in [0.2, 0.25) is 0 Å². The van der Waals surface area contributed by atoms with Crippen molar-refractivity contribution in [2.24, 2.45) is 5.92 Å². The van der Waals surface area contributed by atoms with Gasteiger partial charge in [0.05, 0.1) is 25.8 Å². The van der Waals surface area contributed by atoms with Crippen LogP contribution in [0.4, 0.5) is 0 Å². The van der Waals surface area contributed by atoms with Crippen LogP contribution >= 0.6 is 0 Å². The van der Waals surface area contributed by atoms with Gasteiger partial charge in [0.25, 0.3) is 12.4 Å². The van der Waals surface area contributed by atoms with Crippen LogP contribution in [0.25, 0.3) is 5.69 Å². The molecule has 2 aliphatic rings. The van der Waals surface area contributed by atoms with Crippen molar-refractivity contribution in [2.45, 2.75) is 6.04 Å². The van der Waals surface area contributed by atoms with E-state index >= 15 is 0 Å². The number of amides is 1. The number of aliphatic carboxylic acids is 1. The highest BCUT2D eigenvalue weighted by Crippen LogP contribution is 2.22. The van der Waals surface area contributed by atoms with Gasteiger partial charge < -0.3 is 19.8 Å². The summed E-state index contributed by atoms with van der Waals surface area (Å²) in [5.74, 6) is -0.793. The fraction of sp³-hybridized carbons (Fsp3) is 0.421. The average Bonchev–Trinajstić information content (AvgIpc) is 3.10. The molecule has 2 fully saturated rings. The molecule has 0 saturated carbocycles. The highest BCUT2D eigenvalue weighted by molar-refractivity contribution is 5.94. The lowest BCUT2D eigenvalue weighted by Crippen LogP contribution is -2.47. The monoisotopic (exact) mass is 417 g/mol. The zero-order valence-corrected chi connectivity index (χ0v) is 16.2. The number of aromatic nitrogens is 3. The fourth-order valence-electron chi connectivity index (χ4n) is 3.79. The van der Waals surface area contributed by atoms with E-state index in [1.54, 1.807) is 29.4 Å². The molecule has 0 unspecified atom stereocenters. The van der Waals surface area contributed by atoms with Crippen LogP contribution in [0.15, 0.2) is 36.9 Å². The lowest BCUT2D eigenvalue weighted by atomic mass is 10.1. The zero-order valence-electron chi connectivity index (χ0n) is 16.2. The second-order valence-electron chi connectivity index (χ2n) is 7.12. The Bertz CT molecular complexity index is 857. The van der Waals surface area contributed by atoms with E-state index in [2.05, 4.69) is 10.2 Å². The number of benzene rings is 1. The zero-order chi connectivity index (χ0) is 21.5. The summed E-state index contributed by atoms with van der Waals surface area (Å²) in [5, 5.41) is 23.6. The highest BCUT2D eigenvalue weighted by atomic mass is 16.5. The molecule has 1 aromatic heterocycles. The third-order valence-electron chi connectivity index (χ3n) is 5.00. The van der Waals surface area contributed by atoms with Crippen LogP contribution in [0.5, 0.6) is 0 Å². The molecule has 11 nitrogen and oxygen atoms in total. The Morgan fingerprint density at radius 1 is 1.10 bits per heavy atom. The number of carbonyl (C=O) groups is 3. The molecule has 2 saturated heterocycles. The van der Waals surface area contributed by atoms with Gasteiger partial charge in [0.15, 0.2) is 0 Å². The van der Waals surface area contributed by atoms with Gasteiger partial charge in [-0.3, -0.25) is 23.9 Å². The van der Waals surface area contributed by atoms with E-state index in [4.69, 9.17) is 19.7 Å². The molecule has 2 aliphatic heterocycles. The summed E-state index contributed by atoms with van der Waals surface area (Å²) in [4.78, 5) is 36.3. The van der Waals surface area contributed by atoms with E-state index in [9.17, 15) is 9.59 Å². The number of carbonyl (C=O) groups excluding carboxylic acids is 1. The van der Waals surface area contributed by atoms with Gasteiger partial charge in [-0.1, -0.05) is 0 Å². The third-order valence-corrected chi connectivity index (χ3v) is 5.00. The summed E-state index contributed by atoms with van der Waals surface area (Å²) in [7, 11) is 0. The molecule has 160 valence electrons. The van der Waals surface area contributed by atoms with E-state index in [0.29, 0.717) is 38.4 Å². The summed E-state index contributed by atoms with van der Waals surface area (Å²) in [6.07, 6.45) is 3.20. The topological polar surface area (TPSA) is 138 Å². The predicted molar refractivity (Wildman–Crippen MR) is 103 cm³/mol. The van der Waals surface area contributed by atoms with Gasteiger partial charge in [-0.15, -0.1) is 10.2 Å². The van der Waals surface area contributed by atoms with Crippen molar-refractivity contribution in [3.05, 3.63) is 42.5 Å². The lowest BCUT2D eigenvalue weighted by Gasteiger charge is -2.30. The van der Waals surface area contributed by atoms with Crippen LogP contribution in [0, 0.1) is 5.92 Å². The summed E-state index contributed by atoms with van der Waals surface area (Å²) in [6.45, 7) is 2.42. The second kappa shape index (κ2) is 9.94. The number of carboxylic acids is 1. The minimum atomic E-state index is -0.849. The molecule has 4 rings (SSSR count). The van der Waals surface area contributed by atoms with Gasteiger partial charge in [-0.25, -0.2) is 0 Å². The number of rotatable bonds is 4. The first-order chi connectivity index (χ1) is 14.5. The molecular formula is C19H23N5O6. The largest absolute Gasteiger partial charge is 0.483 e. The summed E-state index contributed by atoms with van der Waals surface area (Å²) in [6, 6.07) is 7.15. The van der Waals surface area contributed by atoms with E-state index in [1.165, 1.54) is 0 Å². The minimum absolute atomic E-state index is 0.0112. The summed E-state index contributed by atoms with van der Waals surface area (Å²) >= 11 is 0. The van der Waals surface area contributed by atoms with Crippen LogP contribution in [-0.2, 0) is 14.3 Å². The molecule has 0 aliphatic carbocycles. The highest BCUT2D eigenvalue weighted by Gasteiger charge is 2.36. The quantitative estimate of drug-likeness (QED) is 0.649. The van der Waals surface area contributed by atoms with Gasteiger partial charge in [0, 0.05) is 36.8 Å². The predicted octanol–water partition coefficient (Wildman–Crippen LogP) is -0.174. The fourth-order valence-corrected chi connectivity index (χ4v) is 3.79. The van der Waals surface area contributed by atoms with Gasteiger partial charge in [-0.2, -0.15) is 0 Å². The molecule has 3 heterocycles. The number of hydrogen-bond acceptors (Lipinski definition) is 7. The van der Waals surface area contributed by atoms with E-state index in [1.807, 2.05) is 21.9 Å². The number of fused-ring (bicyclic) bond motifs is 3. The number of carboxylic acid groups (broad SMARTS) is 2. The van der Waals surface area contributed by atoms with Crippen LogP contribution < -0.4 is 0 Å². The number of hydrogen-bond donors (Lipinski definition) is 2. The molecular weight excluding hydrogens is 394 g/mol. The van der Waals surface area contributed by atoms with Crippen molar-refractivity contribution < 1.29 is 29.3 Å². The molecule has 2 N–H and O–H groups in total. The molecule has 2 atom stereocenters. The third kappa shape index (κ3) is 5.19. The van der Waals surface area contributed by atoms with Crippen molar-refractivity contribution in [3.8, 4) is 5.69 Å². The standard InChI is InChI=1S/C18H21N5O4.CH2O2/c24-17(25)8-21-5-13-6-23(16(7-21)10-27-9-13)18(26)14-1-3-15(4-2-14)22-11-19-20-12-22;2-1-3/h1-4,11-13,16H,5-10H2,(H,24,25);1H,(H,2,3)/t13-,16-;/m0./s1. The lowest BCUT2D eigenvalue weighted by molar-refractivity contribution is -0.138. The van der Waals surface area contributed by atoms with Crippen LogP contribution in [-0.4, -0.2) is 98.6 Å². The van der Waals surface area contributed by atoms with Crippen molar-refractivity contribution in [2.75, 3.05) is 39.4 Å². The van der Waals surface area contributed by atoms with E-state index in [0.717, 1.165) is 5.69 Å². The minimum Gasteiger partial charge on any atom is -0.483 e. The average molecular weight is 417 g/mol. The first-order valence-corrected chi connectivity index (χ1v) is 9.37. The van der Waals surface area contributed by atoms with Crippen LogP contribution in [0.2, 0.25) is 0 Å². The Morgan fingerprint density at radius 3 is 2.40 bits per heavy atom. The number of nitrogens with zero attached hydrogens (tertiary/aromatic N) is 5. The SMILES string of the molecule is O=C(O)CN1C[C@@H]2COC[C@H](C1)N(C(=O)c1ccc(-n3cnnc3)cc1)C2.O=CO. The van der Waals surface area contributed by atoms with Gasteiger partial charge in [0.1, 0.15) is 12.7 Å². The second-order valence-corrected chi connectivity index (χ2v) is 7.12. The maximum Gasteiger partial charge on any atom is 0.317 e. The Kier molecular flexibility index (Phi) is 7.09. The van der Waals surface area contributed by atoms with E-state index < -0.39 is 5.97 Å². The first kappa shape index (κ1) is 21.4. The molecule has 1 amide bonds. The van der Waals surface area contributed by atoms with Crippen molar-refractivity contribution in [3.63, 3.8) is 0 Å². The summed E-state index contributed by atoms with van der Waals surface area (Å²) in [5.41, 5.74) is 1.48. The van der Waals surface area contributed by atoms with Crippen molar-refractivity contribution in [1.29, 1.82) is 0 Å². The molecule has 1 aromatic carbocycles. The van der Waals surface area contributed by atoms with Crippen LogP contribution in [0.3, 0.4) is 0 Å². The molecule has 0 spiro atoms. The molecule has 2 aromatic rings. The molecule has 0 radical (unpaired) electrons. The van der Waals surface area contributed by atoms with Crippen molar-refractivity contribution >= 4 is 18.3 Å². The summed E-state index contributed by atoms with van der Waals surface area (Å²) < 4.78 is 7.48. The number of ether oxygens (including phenoxy) is 1. The smallest absolute Gasteiger partial charge is 0.317 e. The Hall–Kier alpha value is -3.31. The van der Waals surface area contributed by atoms with E-state index in [-0.39, 0.29) is 30.9 Å². The molecule has 2 bridgehead atoms. The Labute approximate surface area is 172 Å². The van der Waals surface area contributed by atoms with Gasteiger partial charge >= 0.3 is 5.97 Å².